The second kappa shape index (κ2) is 4.28. The molecule has 3 rings (SSSR count). The molecule has 0 atom stereocenters. The number of anilines is 1. The lowest BCUT2D eigenvalue weighted by atomic mass is 10.2. The van der Waals surface area contributed by atoms with Gasteiger partial charge in [0, 0.05) is 23.8 Å². The maximum absolute atomic E-state index is 6.04. The molecule has 0 amide bonds. The zero-order valence-electron chi connectivity index (χ0n) is 10.8. The Kier molecular flexibility index (Phi) is 2.71. The molecule has 3 aromatic rings. The number of hydrogen-bond acceptors (Lipinski definition) is 3. The van der Waals surface area contributed by atoms with Crippen LogP contribution in [0.25, 0.3) is 11.0 Å². The van der Waals surface area contributed by atoms with E-state index in [2.05, 4.69) is 10.1 Å². The third-order valence-electron chi connectivity index (χ3n) is 3.18. The van der Waals surface area contributed by atoms with Gasteiger partial charge in [0.15, 0.2) is 0 Å². The van der Waals surface area contributed by atoms with Crippen LogP contribution in [0.1, 0.15) is 11.3 Å². The average Bonchev–Trinajstić information content (AvgIpc) is 2.81. The molecule has 19 heavy (non-hydrogen) atoms. The number of hydrogen-bond donors (Lipinski definition) is 1. The fourth-order valence-electron chi connectivity index (χ4n) is 2.25. The van der Waals surface area contributed by atoms with Gasteiger partial charge in [-0.25, -0.2) is 4.98 Å². The standard InChI is InChI=1S/C13H14ClN5/c1-8-9(6-18(2)17-8)7-19-12-5-10(14)3-4-11(12)16-13(19)15/h3-6H,7H2,1-2H3,(H2,15,16). The van der Waals surface area contributed by atoms with Crippen molar-refractivity contribution in [2.75, 3.05) is 5.73 Å². The second-order valence-corrected chi connectivity index (χ2v) is 5.04. The largest absolute Gasteiger partial charge is 0.369 e. The van der Waals surface area contributed by atoms with Crippen LogP contribution in [0.15, 0.2) is 24.4 Å². The highest BCUT2D eigenvalue weighted by Crippen LogP contribution is 2.23. The molecule has 5 nitrogen and oxygen atoms in total. The molecule has 0 aliphatic heterocycles. The minimum absolute atomic E-state index is 0.487. The van der Waals surface area contributed by atoms with Crippen molar-refractivity contribution in [3.8, 4) is 0 Å². The zero-order valence-corrected chi connectivity index (χ0v) is 11.5. The number of halogens is 1. The van der Waals surface area contributed by atoms with E-state index in [1.807, 2.05) is 42.9 Å². The number of benzene rings is 1. The predicted octanol–water partition coefficient (Wildman–Crippen LogP) is 2.36. The van der Waals surface area contributed by atoms with Gasteiger partial charge >= 0.3 is 0 Å². The molecular formula is C13H14ClN5. The van der Waals surface area contributed by atoms with E-state index in [-0.39, 0.29) is 0 Å². The Morgan fingerprint density at radius 2 is 2.16 bits per heavy atom. The van der Waals surface area contributed by atoms with E-state index < -0.39 is 0 Å². The first-order valence-corrected chi connectivity index (χ1v) is 6.33. The van der Waals surface area contributed by atoms with Crippen LogP contribution in [-0.4, -0.2) is 19.3 Å². The molecule has 6 heteroatoms. The van der Waals surface area contributed by atoms with E-state index in [4.69, 9.17) is 17.3 Å². The highest BCUT2D eigenvalue weighted by Gasteiger charge is 2.11. The maximum atomic E-state index is 6.04. The van der Waals surface area contributed by atoms with Gasteiger partial charge in [-0.3, -0.25) is 4.68 Å². The number of aryl methyl sites for hydroxylation is 2. The fraction of sp³-hybridized carbons (Fsp3) is 0.231. The van der Waals surface area contributed by atoms with E-state index in [1.165, 1.54) is 0 Å². The van der Waals surface area contributed by atoms with Crippen LogP contribution < -0.4 is 5.73 Å². The lowest BCUT2D eigenvalue weighted by molar-refractivity contribution is 0.756. The first-order chi connectivity index (χ1) is 9.04. The van der Waals surface area contributed by atoms with Crippen molar-refractivity contribution in [1.82, 2.24) is 19.3 Å². The molecule has 98 valence electrons. The van der Waals surface area contributed by atoms with Crippen molar-refractivity contribution in [3.63, 3.8) is 0 Å². The van der Waals surface area contributed by atoms with Crippen LogP contribution in [-0.2, 0) is 13.6 Å². The third-order valence-corrected chi connectivity index (χ3v) is 3.42. The monoisotopic (exact) mass is 275 g/mol. The van der Waals surface area contributed by atoms with Gasteiger partial charge in [0.05, 0.1) is 23.3 Å². The molecule has 0 unspecified atom stereocenters. The summed E-state index contributed by atoms with van der Waals surface area (Å²) in [6, 6.07) is 5.57. The van der Waals surface area contributed by atoms with Crippen LogP contribution in [0.2, 0.25) is 5.02 Å². The van der Waals surface area contributed by atoms with Crippen molar-refractivity contribution in [2.24, 2.45) is 7.05 Å². The predicted molar refractivity (Wildman–Crippen MR) is 76.2 cm³/mol. The maximum Gasteiger partial charge on any atom is 0.201 e. The van der Waals surface area contributed by atoms with Crippen molar-refractivity contribution in [2.45, 2.75) is 13.5 Å². The lowest BCUT2D eigenvalue weighted by Crippen LogP contribution is -2.04. The van der Waals surface area contributed by atoms with Gasteiger partial charge in [-0.05, 0) is 25.1 Å². The minimum Gasteiger partial charge on any atom is -0.369 e. The van der Waals surface area contributed by atoms with Gasteiger partial charge in [-0.1, -0.05) is 11.6 Å². The van der Waals surface area contributed by atoms with E-state index in [9.17, 15) is 0 Å². The summed E-state index contributed by atoms with van der Waals surface area (Å²) >= 11 is 6.04. The van der Waals surface area contributed by atoms with E-state index in [1.54, 1.807) is 4.68 Å². The van der Waals surface area contributed by atoms with Gasteiger partial charge in [0.2, 0.25) is 5.95 Å². The molecule has 0 aliphatic carbocycles. The SMILES string of the molecule is Cc1nn(C)cc1Cn1c(N)nc2ccc(Cl)cc21. The second-order valence-electron chi connectivity index (χ2n) is 4.60. The topological polar surface area (TPSA) is 61.7 Å². The van der Waals surface area contributed by atoms with Gasteiger partial charge < -0.3 is 10.3 Å². The summed E-state index contributed by atoms with van der Waals surface area (Å²) in [6.45, 7) is 2.62. The van der Waals surface area contributed by atoms with Crippen molar-refractivity contribution in [3.05, 3.63) is 40.7 Å². The van der Waals surface area contributed by atoms with E-state index in [0.717, 1.165) is 22.3 Å². The molecule has 0 bridgehead atoms. The van der Waals surface area contributed by atoms with E-state index in [0.29, 0.717) is 17.5 Å². The highest BCUT2D eigenvalue weighted by atomic mass is 35.5. The lowest BCUT2D eigenvalue weighted by Gasteiger charge is -2.05. The number of aromatic nitrogens is 4. The molecule has 0 aliphatic rings. The normalized spacial score (nSPS) is 11.3. The van der Waals surface area contributed by atoms with E-state index >= 15 is 0 Å². The molecule has 2 heterocycles. The van der Waals surface area contributed by atoms with Gasteiger partial charge in [0.1, 0.15) is 0 Å². The fourth-order valence-corrected chi connectivity index (χ4v) is 2.42. The van der Waals surface area contributed by atoms with Gasteiger partial charge in [-0.2, -0.15) is 5.10 Å². The highest BCUT2D eigenvalue weighted by molar-refractivity contribution is 6.31. The van der Waals surface area contributed by atoms with Crippen LogP contribution in [0, 0.1) is 6.92 Å². The van der Waals surface area contributed by atoms with Crippen molar-refractivity contribution in [1.29, 1.82) is 0 Å². The number of nitrogen functional groups attached to an aromatic ring is 1. The molecule has 0 fully saturated rings. The van der Waals surface area contributed by atoms with Crippen LogP contribution in [0.3, 0.4) is 0 Å². The van der Waals surface area contributed by atoms with Crippen LogP contribution in [0.4, 0.5) is 5.95 Å². The Bertz CT molecular complexity index is 756. The summed E-state index contributed by atoms with van der Waals surface area (Å²) in [5, 5.41) is 5.01. The smallest absolute Gasteiger partial charge is 0.201 e. The number of nitrogens with two attached hydrogens (primary N) is 1. The summed E-state index contributed by atoms with van der Waals surface area (Å²) in [5.41, 5.74) is 9.89. The van der Waals surface area contributed by atoms with Crippen molar-refractivity contribution >= 4 is 28.6 Å². The van der Waals surface area contributed by atoms with Crippen LogP contribution in [0.5, 0.6) is 0 Å². The average molecular weight is 276 g/mol. The van der Waals surface area contributed by atoms with Crippen LogP contribution >= 0.6 is 11.6 Å². The Morgan fingerprint density at radius 1 is 1.37 bits per heavy atom. The number of nitrogens with zero attached hydrogens (tertiary/aromatic N) is 4. The summed E-state index contributed by atoms with van der Waals surface area (Å²) < 4.78 is 3.75. The molecule has 2 N–H and O–H groups in total. The minimum atomic E-state index is 0.487. The number of fused-ring (bicyclic) bond motifs is 1. The quantitative estimate of drug-likeness (QED) is 0.781. The first kappa shape index (κ1) is 12.0. The first-order valence-electron chi connectivity index (χ1n) is 5.95. The molecule has 0 radical (unpaired) electrons. The van der Waals surface area contributed by atoms with Gasteiger partial charge in [-0.15, -0.1) is 0 Å². The zero-order chi connectivity index (χ0) is 13.6. The summed E-state index contributed by atoms with van der Waals surface area (Å²) in [7, 11) is 1.91. The van der Waals surface area contributed by atoms with Crippen molar-refractivity contribution < 1.29 is 0 Å². The number of imidazole rings is 1. The molecule has 0 spiro atoms. The molecule has 1 aromatic carbocycles. The Labute approximate surface area is 115 Å². The summed E-state index contributed by atoms with van der Waals surface area (Å²) in [5.74, 6) is 0.487. The number of rotatable bonds is 2. The Morgan fingerprint density at radius 3 is 2.84 bits per heavy atom. The van der Waals surface area contributed by atoms with Gasteiger partial charge in [0.25, 0.3) is 0 Å². The molecule has 2 aromatic heterocycles. The molecule has 0 saturated heterocycles. The third kappa shape index (κ3) is 2.06. The Balaban J connectivity index is 2.12. The Hall–Kier alpha value is -2.01. The molecular weight excluding hydrogens is 262 g/mol. The summed E-state index contributed by atoms with van der Waals surface area (Å²) in [6.07, 6.45) is 1.99. The molecule has 0 saturated carbocycles. The summed E-state index contributed by atoms with van der Waals surface area (Å²) in [4.78, 5) is 4.34.